The number of nitrogens with one attached hydrogen (secondary N) is 1. The number of ether oxygens (including phenoxy) is 6. The van der Waals surface area contributed by atoms with E-state index in [4.69, 9.17) is 28.4 Å². The van der Waals surface area contributed by atoms with E-state index in [-0.39, 0.29) is 18.9 Å². The van der Waals surface area contributed by atoms with Gasteiger partial charge in [0.05, 0.1) is 38.6 Å². The average molecular weight is 994 g/mol. The molecule has 3 heterocycles. The second-order valence-electron chi connectivity index (χ2n) is 19.0. The lowest BCUT2D eigenvalue weighted by molar-refractivity contribution is -0.379. The summed E-state index contributed by atoms with van der Waals surface area (Å²) < 4.78 is 34.0. The minimum atomic E-state index is -1.98. The molecular weight excluding hydrogens is 903 g/mol. The summed E-state index contributed by atoms with van der Waals surface area (Å²) >= 11 is 0. The third-order valence-corrected chi connectivity index (χ3v) is 13.2. The first-order valence-electron chi connectivity index (χ1n) is 26.1. The molecule has 3 aliphatic rings. The second kappa shape index (κ2) is 35.4. The molecular formula is C50H91NO18. The van der Waals surface area contributed by atoms with E-state index in [0.717, 1.165) is 38.5 Å². The Labute approximate surface area is 409 Å². The fraction of sp³-hybridized carbons (Fsp3) is 0.900. The molecule has 19 nitrogen and oxygen atoms in total. The summed E-state index contributed by atoms with van der Waals surface area (Å²) in [5.41, 5.74) is 0. The molecule has 0 spiro atoms. The number of aliphatic hydroxyl groups excluding tert-OH is 11. The third-order valence-electron chi connectivity index (χ3n) is 13.2. The van der Waals surface area contributed by atoms with Gasteiger partial charge in [0.15, 0.2) is 18.9 Å². The summed E-state index contributed by atoms with van der Waals surface area (Å²) in [6.07, 6.45) is 5.13. The van der Waals surface area contributed by atoms with Gasteiger partial charge in [0, 0.05) is 6.42 Å². The quantitative estimate of drug-likeness (QED) is 0.0316. The molecule has 0 aromatic rings. The van der Waals surface area contributed by atoms with E-state index in [9.17, 15) is 61.0 Å². The Hall–Kier alpha value is -1.73. The fourth-order valence-corrected chi connectivity index (χ4v) is 8.86. The van der Waals surface area contributed by atoms with Crippen molar-refractivity contribution in [3.63, 3.8) is 0 Å². The molecule has 69 heavy (non-hydrogen) atoms. The van der Waals surface area contributed by atoms with Crippen molar-refractivity contribution in [1.29, 1.82) is 0 Å². The Balaban J connectivity index is 1.51. The zero-order valence-corrected chi connectivity index (χ0v) is 41.3. The number of carbonyl (C=O) groups is 1. The lowest BCUT2D eigenvalue weighted by Gasteiger charge is -2.48. The Kier molecular flexibility index (Phi) is 31.6. The standard InChI is InChI=1S/C50H91NO18/c1-3-5-7-9-11-12-13-14-15-16-17-18-19-20-22-24-26-28-38(56)51-33(34(55)27-25-23-21-10-8-6-4-2)32-64-48-44(62)41(59)46(36(30-53)66-48)69-50-45(63)42(60)47(37(31-54)67-50)68-49-43(61)40(58)39(57)35(29-52)65-49/h8,10,25,27,33-37,39-50,52-55,57-63H,3-7,9,11-24,26,28-32H2,1-2H3,(H,51,56)/b10-8+,27-25+. The van der Waals surface area contributed by atoms with Crippen molar-refractivity contribution in [1.82, 2.24) is 5.32 Å². The lowest BCUT2D eigenvalue weighted by Crippen LogP contribution is -2.66. The van der Waals surface area contributed by atoms with Gasteiger partial charge in [-0.1, -0.05) is 147 Å². The molecule has 17 atom stereocenters. The van der Waals surface area contributed by atoms with Crippen LogP contribution in [-0.4, -0.2) is 193 Å². The molecule has 0 saturated carbocycles. The van der Waals surface area contributed by atoms with Crippen LogP contribution in [0, 0.1) is 0 Å². The molecule has 3 fully saturated rings. The molecule has 1 amide bonds. The van der Waals surface area contributed by atoms with Gasteiger partial charge in [-0.25, -0.2) is 0 Å². The monoisotopic (exact) mass is 994 g/mol. The third kappa shape index (κ3) is 21.3. The van der Waals surface area contributed by atoms with Crippen LogP contribution in [0.5, 0.6) is 0 Å². The molecule has 12 N–H and O–H groups in total. The molecule has 0 aromatic heterocycles. The number of hydrogen-bond donors (Lipinski definition) is 12. The van der Waals surface area contributed by atoms with Crippen LogP contribution in [0.25, 0.3) is 0 Å². The van der Waals surface area contributed by atoms with Gasteiger partial charge in [-0.2, -0.15) is 0 Å². The van der Waals surface area contributed by atoms with E-state index >= 15 is 0 Å². The molecule has 17 unspecified atom stereocenters. The predicted octanol–water partition coefficient (Wildman–Crippen LogP) is 2.03. The zero-order valence-electron chi connectivity index (χ0n) is 41.3. The molecule has 3 saturated heterocycles. The molecule has 0 aliphatic carbocycles. The molecule has 404 valence electrons. The highest BCUT2D eigenvalue weighted by Gasteiger charge is 2.53. The highest BCUT2D eigenvalue weighted by molar-refractivity contribution is 5.76. The maximum Gasteiger partial charge on any atom is 0.220 e. The number of carbonyl (C=O) groups excluding carboxylic acids is 1. The minimum Gasteiger partial charge on any atom is -0.394 e. The fourth-order valence-electron chi connectivity index (χ4n) is 8.86. The number of hydrogen-bond acceptors (Lipinski definition) is 18. The highest BCUT2D eigenvalue weighted by Crippen LogP contribution is 2.33. The Morgan fingerprint density at radius 3 is 1.42 bits per heavy atom. The lowest BCUT2D eigenvalue weighted by atomic mass is 9.96. The van der Waals surface area contributed by atoms with Crippen molar-refractivity contribution in [2.24, 2.45) is 0 Å². The number of rotatable bonds is 36. The number of allylic oxidation sites excluding steroid dienone is 3. The molecule has 3 rings (SSSR count). The van der Waals surface area contributed by atoms with Crippen molar-refractivity contribution in [2.75, 3.05) is 26.4 Å². The molecule has 3 aliphatic heterocycles. The summed E-state index contributed by atoms with van der Waals surface area (Å²) in [5.74, 6) is -0.290. The Bertz CT molecular complexity index is 1380. The van der Waals surface area contributed by atoms with Crippen molar-refractivity contribution in [3.05, 3.63) is 24.3 Å². The van der Waals surface area contributed by atoms with Gasteiger partial charge in [-0.3, -0.25) is 4.79 Å². The van der Waals surface area contributed by atoms with Crippen LogP contribution in [0.1, 0.15) is 155 Å². The molecule has 0 aromatic carbocycles. The first-order valence-corrected chi connectivity index (χ1v) is 26.1. The first kappa shape index (κ1) is 61.6. The van der Waals surface area contributed by atoms with Crippen LogP contribution in [0.4, 0.5) is 0 Å². The molecule has 19 heteroatoms. The van der Waals surface area contributed by atoms with Gasteiger partial charge in [-0.05, 0) is 25.7 Å². The largest absolute Gasteiger partial charge is 0.394 e. The Morgan fingerprint density at radius 2 is 0.928 bits per heavy atom. The van der Waals surface area contributed by atoms with Crippen LogP contribution < -0.4 is 5.32 Å². The van der Waals surface area contributed by atoms with E-state index in [1.54, 1.807) is 12.2 Å². The van der Waals surface area contributed by atoms with Crippen molar-refractivity contribution in [3.8, 4) is 0 Å². The van der Waals surface area contributed by atoms with Crippen LogP contribution in [-0.2, 0) is 33.2 Å². The van der Waals surface area contributed by atoms with Gasteiger partial charge in [0.25, 0.3) is 0 Å². The van der Waals surface area contributed by atoms with Crippen LogP contribution in [0.15, 0.2) is 24.3 Å². The first-order chi connectivity index (χ1) is 33.3. The van der Waals surface area contributed by atoms with Crippen molar-refractivity contribution < 1.29 is 89.4 Å². The SMILES string of the molecule is CCC/C=C/CC/C=C/C(O)C(COC1OC(CO)C(OC2OC(CO)C(OC3OC(CO)C(O)C(O)C3O)C(O)C2O)C(O)C1O)NC(=O)CCCCCCCCCCCCCCCCCCC. The topological polar surface area (TPSA) is 307 Å². The summed E-state index contributed by atoms with van der Waals surface area (Å²) in [5, 5.41) is 119. The number of unbranched alkanes of at least 4 members (excludes halogenated alkanes) is 18. The average Bonchev–Trinajstić information content (AvgIpc) is 3.34. The summed E-state index contributed by atoms with van der Waals surface area (Å²) in [7, 11) is 0. The maximum atomic E-state index is 13.2. The number of amides is 1. The van der Waals surface area contributed by atoms with E-state index in [1.807, 2.05) is 0 Å². The number of aliphatic hydroxyl groups is 11. The zero-order chi connectivity index (χ0) is 50.6. The van der Waals surface area contributed by atoms with Crippen molar-refractivity contribution in [2.45, 2.75) is 259 Å². The van der Waals surface area contributed by atoms with E-state index < -0.39 is 124 Å². The van der Waals surface area contributed by atoms with E-state index in [1.165, 1.54) is 83.5 Å². The summed E-state index contributed by atoms with van der Waals surface area (Å²) in [6, 6.07) is -0.981. The maximum absolute atomic E-state index is 13.2. The summed E-state index contributed by atoms with van der Waals surface area (Å²) in [4.78, 5) is 13.2. The van der Waals surface area contributed by atoms with Gasteiger partial charge in [0.1, 0.15) is 73.2 Å². The highest BCUT2D eigenvalue weighted by atomic mass is 16.8. The summed E-state index contributed by atoms with van der Waals surface area (Å²) in [6.45, 7) is 1.56. The van der Waals surface area contributed by atoms with Crippen LogP contribution in [0.2, 0.25) is 0 Å². The van der Waals surface area contributed by atoms with Gasteiger partial charge >= 0.3 is 0 Å². The normalized spacial score (nSPS) is 33.0. The van der Waals surface area contributed by atoms with E-state index in [0.29, 0.717) is 12.8 Å². The smallest absolute Gasteiger partial charge is 0.220 e. The van der Waals surface area contributed by atoms with Gasteiger partial charge < -0.3 is 89.9 Å². The van der Waals surface area contributed by atoms with Crippen LogP contribution in [0.3, 0.4) is 0 Å². The minimum absolute atomic E-state index is 0.238. The van der Waals surface area contributed by atoms with Gasteiger partial charge in [-0.15, -0.1) is 0 Å². The second-order valence-corrected chi connectivity index (χ2v) is 19.0. The molecule has 0 bridgehead atoms. The molecule has 0 radical (unpaired) electrons. The van der Waals surface area contributed by atoms with Crippen molar-refractivity contribution >= 4 is 5.91 Å². The van der Waals surface area contributed by atoms with Crippen LogP contribution >= 0.6 is 0 Å². The van der Waals surface area contributed by atoms with E-state index in [2.05, 4.69) is 31.3 Å². The predicted molar refractivity (Wildman–Crippen MR) is 254 cm³/mol. The van der Waals surface area contributed by atoms with Gasteiger partial charge in [0.2, 0.25) is 5.91 Å². The Morgan fingerprint density at radius 1 is 0.507 bits per heavy atom.